The van der Waals surface area contributed by atoms with Crippen LogP contribution in [-0.2, 0) is 0 Å². The van der Waals surface area contributed by atoms with Gasteiger partial charge in [0.25, 0.3) is 0 Å². The largest absolute Gasteiger partial charge is 0.393 e. The fraction of sp³-hybridized carbons (Fsp3) is 0.846. The van der Waals surface area contributed by atoms with Gasteiger partial charge < -0.3 is 4.52 Å². The number of rotatable bonds is 3. The second kappa shape index (κ2) is 5.02. The summed E-state index contributed by atoms with van der Waals surface area (Å²) in [6.45, 7) is 2.50. The predicted molar refractivity (Wildman–Crippen MR) is 65.0 cm³/mol. The van der Waals surface area contributed by atoms with E-state index >= 15 is 0 Å². The van der Waals surface area contributed by atoms with Crippen LogP contribution in [0.15, 0.2) is 4.52 Å². The maximum absolute atomic E-state index is 12.8. The Labute approximate surface area is 115 Å². The first-order chi connectivity index (χ1) is 9.45. The standard InChI is InChI=1S/C13H18F3N3O/c1-8(12-17-11(18-20-12)9-4-5-9)19-6-2-3-10(7-19)13(14,15)16/h8-10H,2-7H2,1H3/t8-,10+/m0/s1. The lowest BCUT2D eigenvalue weighted by atomic mass is 9.96. The number of hydrogen-bond acceptors (Lipinski definition) is 4. The third kappa shape index (κ3) is 2.82. The van der Waals surface area contributed by atoms with Crippen molar-refractivity contribution < 1.29 is 17.7 Å². The Kier molecular flexibility index (Phi) is 3.48. The van der Waals surface area contributed by atoms with E-state index in [4.69, 9.17) is 4.52 Å². The molecule has 1 saturated carbocycles. The minimum atomic E-state index is -4.12. The Morgan fingerprint density at radius 3 is 2.70 bits per heavy atom. The summed E-state index contributed by atoms with van der Waals surface area (Å²) in [5.41, 5.74) is 0. The molecule has 20 heavy (non-hydrogen) atoms. The summed E-state index contributed by atoms with van der Waals surface area (Å²) in [6, 6.07) is -0.250. The SMILES string of the molecule is C[C@@H](c1nc(C2CC2)no1)N1CCC[C@@H](C(F)(F)F)C1. The minimum absolute atomic E-state index is 0.0197. The predicted octanol–water partition coefficient (Wildman–Crippen LogP) is 3.28. The average molecular weight is 289 g/mol. The Hall–Kier alpha value is -1.11. The summed E-state index contributed by atoms with van der Waals surface area (Å²) in [6.07, 6.45) is -1.20. The summed E-state index contributed by atoms with van der Waals surface area (Å²) in [4.78, 5) is 6.13. The second-order valence-corrected chi connectivity index (χ2v) is 5.82. The number of likely N-dealkylation sites (tertiary alicyclic amines) is 1. The first-order valence-corrected chi connectivity index (χ1v) is 7.09. The molecular weight excluding hydrogens is 271 g/mol. The molecule has 1 saturated heterocycles. The zero-order chi connectivity index (χ0) is 14.3. The first-order valence-electron chi connectivity index (χ1n) is 7.09. The second-order valence-electron chi connectivity index (χ2n) is 5.82. The van der Waals surface area contributed by atoms with Crippen LogP contribution in [0.2, 0.25) is 0 Å². The van der Waals surface area contributed by atoms with Gasteiger partial charge >= 0.3 is 6.18 Å². The number of halogens is 3. The maximum Gasteiger partial charge on any atom is 0.393 e. The van der Waals surface area contributed by atoms with Gasteiger partial charge in [-0.05, 0) is 39.2 Å². The van der Waals surface area contributed by atoms with Gasteiger partial charge in [-0.15, -0.1) is 0 Å². The first kappa shape index (κ1) is 13.9. The van der Waals surface area contributed by atoms with Gasteiger partial charge in [0.15, 0.2) is 5.82 Å². The van der Waals surface area contributed by atoms with Crippen LogP contribution in [0.4, 0.5) is 13.2 Å². The van der Waals surface area contributed by atoms with Crippen molar-refractivity contribution in [3.05, 3.63) is 11.7 Å². The van der Waals surface area contributed by atoms with Gasteiger partial charge in [-0.3, -0.25) is 4.90 Å². The van der Waals surface area contributed by atoms with Crippen molar-refractivity contribution >= 4 is 0 Å². The highest BCUT2D eigenvalue weighted by molar-refractivity contribution is 5.05. The Bertz CT molecular complexity index is 470. The van der Waals surface area contributed by atoms with E-state index < -0.39 is 12.1 Å². The topological polar surface area (TPSA) is 42.2 Å². The maximum atomic E-state index is 12.8. The van der Waals surface area contributed by atoms with Gasteiger partial charge in [0, 0.05) is 12.5 Å². The molecule has 2 atom stereocenters. The van der Waals surface area contributed by atoms with Gasteiger partial charge in [0.1, 0.15) is 0 Å². The molecule has 1 aliphatic carbocycles. The molecule has 2 heterocycles. The van der Waals surface area contributed by atoms with Crippen molar-refractivity contribution in [3.8, 4) is 0 Å². The van der Waals surface area contributed by atoms with Crippen molar-refractivity contribution in [2.75, 3.05) is 13.1 Å². The summed E-state index contributed by atoms with van der Waals surface area (Å²) in [5, 5.41) is 3.93. The Morgan fingerprint density at radius 1 is 1.30 bits per heavy atom. The van der Waals surface area contributed by atoms with Crippen molar-refractivity contribution in [2.45, 2.75) is 50.7 Å². The van der Waals surface area contributed by atoms with E-state index in [0.717, 1.165) is 12.8 Å². The highest BCUT2D eigenvalue weighted by Gasteiger charge is 2.43. The van der Waals surface area contributed by atoms with Gasteiger partial charge in [0.05, 0.1) is 12.0 Å². The van der Waals surface area contributed by atoms with Crippen LogP contribution < -0.4 is 0 Å². The molecule has 0 radical (unpaired) electrons. The average Bonchev–Trinajstić information content (AvgIpc) is 3.15. The van der Waals surface area contributed by atoms with E-state index in [1.807, 2.05) is 6.92 Å². The zero-order valence-corrected chi connectivity index (χ0v) is 11.4. The van der Waals surface area contributed by atoms with E-state index in [1.165, 1.54) is 0 Å². The van der Waals surface area contributed by atoms with Crippen LogP contribution in [0.3, 0.4) is 0 Å². The highest BCUT2D eigenvalue weighted by Crippen LogP contribution is 2.39. The molecule has 2 fully saturated rings. The molecule has 1 aromatic heterocycles. The molecule has 7 heteroatoms. The van der Waals surface area contributed by atoms with Crippen LogP contribution >= 0.6 is 0 Å². The molecule has 1 aromatic rings. The van der Waals surface area contributed by atoms with Crippen LogP contribution in [0, 0.1) is 5.92 Å². The molecule has 1 aliphatic heterocycles. The summed E-state index contributed by atoms with van der Waals surface area (Å²) in [7, 11) is 0. The lowest BCUT2D eigenvalue weighted by Crippen LogP contribution is -2.42. The molecule has 0 spiro atoms. The number of nitrogens with zero attached hydrogens (tertiary/aromatic N) is 3. The molecule has 4 nitrogen and oxygen atoms in total. The van der Waals surface area contributed by atoms with E-state index in [2.05, 4.69) is 10.1 Å². The number of aromatic nitrogens is 2. The van der Waals surface area contributed by atoms with Crippen LogP contribution in [0.5, 0.6) is 0 Å². The summed E-state index contributed by atoms with van der Waals surface area (Å²) >= 11 is 0. The molecular formula is C13H18F3N3O. The van der Waals surface area contributed by atoms with Gasteiger partial charge in [-0.2, -0.15) is 18.2 Å². The van der Waals surface area contributed by atoms with E-state index in [9.17, 15) is 13.2 Å². The van der Waals surface area contributed by atoms with Crippen LogP contribution in [0.25, 0.3) is 0 Å². The smallest absolute Gasteiger partial charge is 0.338 e. The van der Waals surface area contributed by atoms with Crippen molar-refractivity contribution in [2.24, 2.45) is 5.92 Å². The summed E-state index contributed by atoms with van der Waals surface area (Å²) in [5.74, 6) is 0.291. The van der Waals surface area contributed by atoms with Crippen LogP contribution in [-0.4, -0.2) is 34.3 Å². The molecule has 0 N–H and O–H groups in total. The minimum Gasteiger partial charge on any atom is -0.338 e. The normalized spacial score (nSPS) is 26.7. The lowest BCUT2D eigenvalue weighted by molar-refractivity contribution is -0.188. The molecule has 3 rings (SSSR count). The summed E-state index contributed by atoms with van der Waals surface area (Å²) < 4.78 is 43.7. The Balaban J connectivity index is 1.67. The zero-order valence-electron chi connectivity index (χ0n) is 11.4. The van der Waals surface area contributed by atoms with Gasteiger partial charge in [-0.25, -0.2) is 0 Å². The van der Waals surface area contributed by atoms with Gasteiger partial charge in [-0.1, -0.05) is 5.16 Å². The van der Waals surface area contributed by atoms with E-state index in [1.54, 1.807) is 4.90 Å². The van der Waals surface area contributed by atoms with Gasteiger partial charge in [0.2, 0.25) is 5.89 Å². The molecule has 2 aliphatic rings. The molecule has 0 amide bonds. The monoisotopic (exact) mass is 289 g/mol. The fourth-order valence-corrected chi connectivity index (χ4v) is 2.71. The lowest BCUT2D eigenvalue weighted by Gasteiger charge is -2.36. The Morgan fingerprint density at radius 2 is 2.05 bits per heavy atom. The van der Waals surface area contributed by atoms with E-state index in [0.29, 0.717) is 30.6 Å². The van der Waals surface area contributed by atoms with Crippen molar-refractivity contribution in [3.63, 3.8) is 0 Å². The molecule has 112 valence electrons. The molecule has 0 aromatic carbocycles. The quantitative estimate of drug-likeness (QED) is 0.856. The fourth-order valence-electron chi connectivity index (χ4n) is 2.71. The van der Waals surface area contributed by atoms with Crippen molar-refractivity contribution in [1.29, 1.82) is 0 Å². The third-order valence-corrected chi connectivity index (χ3v) is 4.22. The van der Waals surface area contributed by atoms with Crippen LogP contribution in [0.1, 0.15) is 56.3 Å². The number of hydrogen-bond donors (Lipinski definition) is 0. The number of piperidine rings is 1. The third-order valence-electron chi connectivity index (χ3n) is 4.22. The molecule has 0 unspecified atom stereocenters. The van der Waals surface area contributed by atoms with Crippen molar-refractivity contribution in [1.82, 2.24) is 15.0 Å². The highest BCUT2D eigenvalue weighted by atomic mass is 19.4. The van der Waals surface area contributed by atoms with E-state index in [-0.39, 0.29) is 19.0 Å². The molecule has 0 bridgehead atoms. The number of alkyl halides is 3.